The van der Waals surface area contributed by atoms with E-state index >= 15 is 0 Å². The minimum absolute atomic E-state index is 0.267. The van der Waals surface area contributed by atoms with Crippen LogP contribution in [0.4, 0.5) is 11.5 Å². The van der Waals surface area contributed by atoms with Crippen LogP contribution in [0.5, 0.6) is 0 Å². The van der Waals surface area contributed by atoms with E-state index in [1.807, 2.05) is 42.5 Å². The fraction of sp³-hybridized carbons (Fsp3) is 0.217. The lowest BCUT2D eigenvalue weighted by molar-refractivity contribution is 0.102. The number of aromatic nitrogens is 3. The smallest absolute Gasteiger partial charge is 0.259 e. The molecular formula is C23H21N5O3. The molecule has 0 radical (unpaired) electrons. The van der Waals surface area contributed by atoms with Crippen LogP contribution in [0.25, 0.3) is 22.4 Å². The zero-order valence-corrected chi connectivity index (χ0v) is 17.0. The average molecular weight is 415 g/mol. The molecule has 0 atom stereocenters. The van der Waals surface area contributed by atoms with Crippen molar-refractivity contribution in [2.24, 2.45) is 0 Å². The van der Waals surface area contributed by atoms with Crippen molar-refractivity contribution in [3.8, 4) is 11.3 Å². The van der Waals surface area contributed by atoms with Gasteiger partial charge in [0.05, 0.1) is 47.4 Å². The van der Waals surface area contributed by atoms with E-state index in [1.165, 1.54) is 0 Å². The first-order valence-corrected chi connectivity index (χ1v) is 10.1. The van der Waals surface area contributed by atoms with E-state index in [0.717, 1.165) is 24.5 Å². The Morgan fingerprint density at radius 3 is 2.65 bits per heavy atom. The minimum atomic E-state index is -0.267. The van der Waals surface area contributed by atoms with Gasteiger partial charge in [-0.2, -0.15) is 0 Å². The van der Waals surface area contributed by atoms with E-state index in [0.29, 0.717) is 47.0 Å². The third-order valence-corrected chi connectivity index (χ3v) is 5.27. The van der Waals surface area contributed by atoms with Gasteiger partial charge in [0.25, 0.3) is 11.6 Å². The fourth-order valence-corrected chi connectivity index (χ4v) is 3.67. The zero-order chi connectivity index (χ0) is 21.2. The molecule has 0 aliphatic carbocycles. The number of carbonyl (C=O) groups excluding carboxylic acids is 1. The number of rotatable bonds is 4. The normalized spacial score (nSPS) is 14.0. The highest BCUT2D eigenvalue weighted by molar-refractivity contribution is 6.13. The number of amides is 1. The van der Waals surface area contributed by atoms with Crippen LogP contribution in [0.15, 0.2) is 59.3 Å². The highest BCUT2D eigenvalue weighted by atomic mass is 16.5. The summed E-state index contributed by atoms with van der Waals surface area (Å²) in [7, 11) is 0. The first kappa shape index (κ1) is 19.2. The molecule has 8 nitrogen and oxygen atoms in total. The Hall–Kier alpha value is -3.78. The summed E-state index contributed by atoms with van der Waals surface area (Å²) in [5, 5.41) is 7.54. The van der Waals surface area contributed by atoms with Crippen molar-refractivity contribution in [3.63, 3.8) is 0 Å². The Kier molecular flexibility index (Phi) is 5.05. The molecule has 0 bridgehead atoms. The summed E-state index contributed by atoms with van der Waals surface area (Å²) < 4.78 is 10.7. The van der Waals surface area contributed by atoms with Gasteiger partial charge in [0, 0.05) is 18.7 Å². The molecule has 0 saturated carbocycles. The van der Waals surface area contributed by atoms with E-state index in [-0.39, 0.29) is 5.91 Å². The average Bonchev–Trinajstić information content (AvgIpc) is 3.21. The molecule has 4 heterocycles. The largest absolute Gasteiger partial charge is 0.378 e. The van der Waals surface area contributed by atoms with E-state index in [2.05, 4.69) is 25.3 Å². The van der Waals surface area contributed by atoms with Gasteiger partial charge in [-0.1, -0.05) is 35.5 Å². The standard InChI is InChI=1S/C23H21N5O3/c1-15-21-18(13-19(26-23(21)31-27-15)16-5-3-2-4-6-16)22(29)25-17-7-8-20(24-14-17)28-9-11-30-12-10-28/h2-8,13-14H,9-12H2,1H3,(H,25,29). The van der Waals surface area contributed by atoms with Crippen molar-refractivity contribution in [1.29, 1.82) is 0 Å². The molecule has 0 spiro atoms. The van der Waals surface area contributed by atoms with Gasteiger partial charge < -0.3 is 19.5 Å². The van der Waals surface area contributed by atoms with Crippen LogP contribution in [0, 0.1) is 6.92 Å². The van der Waals surface area contributed by atoms with Gasteiger partial charge in [0.15, 0.2) is 0 Å². The van der Waals surface area contributed by atoms with Gasteiger partial charge in [-0.05, 0) is 25.1 Å². The molecule has 1 aliphatic rings. The summed E-state index contributed by atoms with van der Waals surface area (Å²) in [5.41, 5.74) is 3.57. The fourth-order valence-electron chi connectivity index (χ4n) is 3.67. The van der Waals surface area contributed by atoms with Gasteiger partial charge in [-0.15, -0.1) is 0 Å². The van der Waals surface area contributed by atoms with E-state index in [4.69, 9.17) is 9.26 Å². The molecule has 1 amide bonds. The molecular weight excluding hydrogens is 394 g/mol. The van der Waals surface area contributed by atoms with Crippen molar-refractivity contribution < 1.29 is 14.1 Å². The Labute approximate surface area is 178 Å². The van der Waals surface area contributed by atoms with E-state index in [1.54, 1.807) is 19.2 Å². The van der Waals surface area contributed by atoms with Crippen LogP contribution in [-0.4, -0.2) is 47.3 Å². The molecule has 31 heavy (non-hydrogen) atoms. The number of hydrogen-bond acceptors (Lipinski definition) is 7. The van der Waals surface area contributed by atoms with Crippen LogP contribution in [0.3, 0.4) is 0 Å². The predicted molar refractivity (Wildman–Crippen MR) is 117 cm³/mol. The number of morpholine rings is 1. The number of benzene rings is 1. The summed E-state index contributed by atoms with van der Waals surface area (Å²) >= 11 is 0. The van der Waals surface area contributed by atoms with Crippen molar-refractivity contribution in [3.05, 3.63) is 66.0 Å². The molecule has 0 unspecified atom stereocenters. The summed E-state index contributed by atoms with van der Waals surface area (Å²) in [6.45, 7) is 4.80. The maximum absolute atomic E-state index is 13.2. The van der Waals surface area contributed by atoms with Gasteiger partial charge in [0.2, 0.25) is 0 Å². The molecule has 5 rings (SSSR count). The molecule has 1 aromatic carbocycles. The maximum atomic E-state index is 13.2. The van der Waals surface area contributed by atoms with Crippen LogP contribution >= 0.6 is 0 Å². The Balaban J connectivity index is 1.44. The number of ether oxygens (including phenoxy) is 1. The Morgan fingerprint density at radius 1 is 1.10 bits per heavy atom. The van der Waals surface area contributed by atoms with Crippen molar-refractivity contribution in [2.45, 2.75) is 6.92 Å². The van der Waals surface area contributed by atoms with Crippen LogP contribution in [-0.2, 0) is 4.74 Å². The number of anilines is 2. The minimum Gasteiger partial charge on any atom is -0.378 e. The van der Waals surface area contributed by atoms with Crippen molar-refractivity contribution in [1.82, 2.24) is 15.1 Å². The number of carbonyl (C=O) groups is 1. The molecule has 1 fully saturated rings. The summed E-state index contributed by atoms with van der Waals surface area (Å²) in [6.07, 6.45) is 1.67. The number of pyridine rings is 2. The number of hydrogen-bond donors (Lipinski definition) is 1. The Morgan fingerprint density at radius 2 is 1.90 bits per heavy atom. The molecule has 1 aliphatic heterocycles. The van der Waals surface area contributed by atoms with Gasteiger partial charge in [-0.25, -0.2) is 9.97 Å². The third-order valence-electron chi connectivity index (χ3n) is 5.27. The second-order valence-corrected chi connectivity index (χ2v) is 7.33. The first-order chi connectivity index (χ1) is 15.2. The number of nitrogens with zero attached hydrogens (tertiary/aromatic N) is 4. The lowest BCUT2D eigenvalue weighted by Crippen LogP contribution is -2.36. The molecule has 1 saturated heterocycles. The summed E-state index contributed by atoms with van der Waals surface area (Å²) in [6, 6.07) is 15.2. The lowest BCUT2D eigenvalue weighted by atomic mass is 10.1. The quantitative estimate of drug-likeness (QED) is 0.543. The second kappa shape index (κ2) is 8.16. The summed E-state index contributed by atoms with van der Waals surface area (Å²) in [5.74, 6) is 0.602. The second-order valence-electron chi connectivity index (χ2n) is 7.33. The SMILES string of the molecule is Cc1noc2nc(-c3ccccc3)cc(C(=O)Nc3ccc(N4CCOCC4)nc3)c12. The Bertz CT molecular complexity index is 1220. The van der Waals surface area contributed by atoms with E-state index < -0.39 is 0 Å². The molecule has 1 N–H and O–H groups in total. The topological polar surface area (TPSA) is 93.4 Å². The predicted octanol–water partition coefficient (Wildman–Crippen LogP) is 3.68. The van der Waals surface area contributed by atoms with Crippen LogP contribution in [0.2, 0.25) is 0 Å². The van der Waals surface area contributed by atoms with E-state index in [9.17, 15) is 4.79 Å². The zero-order valence-electron chi connectivity index (χ0n) is 17.0. The van der Waals surface area contributed by atoms with Crippen LogP contribution < -0.4 is 10.2 Å². The number of fused-ring (bicyclic) bond motifs is 1. The monoisotopic (exact) mass is 415 g/mol. The number of aryl methyl sites for hydroxylation is 1. The first-order valence-electron chi connectivity index (χ1n) is 10.1. The molecule has 8 heteroatoms. The molecule has 4 aromatic rings. The van der Waals surface area contributed by atoms with Crippen molar-refractivity contribution >= 4 is 28.5 Å². The lowest BCUT2D eigenvalue weighted by Gasteiger charge is -2.27. The molecule has 3 aromatic heterocycles. The van der Waals surface area contributed by atoms with Crippen molar-refractivity contribution in [2.75, 3.05) is 36.5 Å². The number of nitrogens with one attached hydrogen (secondary N) is 1. The maximum Gasteiger partial charge on any atom is 0.259 e. The third kappa shape index (κ3) is 3.85. The van der Waals surface area contributed by atoms with Gasteiger partial charge >= 0.3 is 0 Å². The van der Waals surface area contributed by atoms with Crippen LogP contribution in [0.1, 0.15) is 16.1 Å². The molecule has 156 valence electrons. The van der Waals surface area contributed by atoms with Gasteiger partial charge in [-0.3, -0.25) is 4.79 Å². The van der Waals surface area contributed by atoms with Gasteiger partial charge in [0.1, 0.15) is 5.82 Å². The highest BCUT2D eigenvalue weighted by Gasteiger charge is 2.20. The highest BCUT2D eigenvalue weighted by Crippen LogP contribution is 2.27. The summed E-state index contributed by atoms with van der Waals surface area (Å²) in [4.78, 5) is 24.4.